The number of nitrogens with one attached hydrogen (secondary N) is 2. The monoisotopic (exact) mass is 392 g/mol. The zero-order valence-corrected chi connectivity index (χ0v) is 16.5. The van der Waals surface area contributed by atoms with Crippen LogP contribution in [-0.4, -0.2) is 24.5 Å². The molecule has 0 bridgehead atoms. The predicted octanol–water partition coefficient (Wildman–Crippen LogP) is 3.53. The summed E-state index contributed by atoms with van der Waals surface area (Å²) in [5.41, 5.74) is 5.87. The molecule has 0 saturated heterocycles. The largest absolute Gasteiger partial charge is 0.483 e. The van der Waals surface area contributed by atoms with Gasteiger partial charge in [-0.2, -0.15) is 0 Å². The molecule has 29 heavy (non-hydrogen) atoms. The summed E-state index contributed by atoms with van der Waals surface area (Å²) >= 11 is 0. The van der Waals surface area contributed by atoms with Gasteiger partial charge < -0.3 is 9.47 Å². The maximum absolute atomic E-state index is 12.3. The standard InChI is InChI=1S/C23H24N2O4/c1-3-20(29-18-13-11-16(2)12-14-18)23(27)25-24-22(26)15-28-21-10-6-8-17-7-4-5-9-19(17)21/h4-14,20H,3,15H2,1-2H3,(H,24,26)(H,25,27)/t20-/m0/s1. The Morgan fingerprint density at radius 2 is 1.66 bits per heavy atom. The second kappa shape index (κ2) is 9.59. The first-order chi connectivity index (χ1) is 14.1. The molecule has 2 N–H and O–H groups in total. The average molecular weight is 392 g/mol. The Hall–Kier alpha value is -3.54. The summed E-state index contributed by atoms with van der Waals surface area (Å²) in [7, 11) is 0. The van der Waals surface area contributed by atoms with Crippen molar-refractivity contribution in [3.05, 3.63) is 72.3 Å². The van der Waals surface area contributed by atoms with Crippen molar-refractivity contribution in [3.8, 4) is 11.5 Å². The number of hydrogen-bond acceptors (Lipinski definition) is 4. The molecule has 0 radical (unpaired) electrons. The van der Waals surface area contributed by atoms with Crippen molar-refractivity contribution in [1.29, 1.82) is 0 Å². The van der Waals surface area contributed by atoms with Gasteiger partial charge in [-0.25, -0.2) is 0 Å². The number of fused-ring (bicyclic) bond motifs is 1. The van der Waals surface area contributed by atoms with E-state index in [-0.39, 0.29) is 6.61 Å². The zero-order chi connectivity index (χ0) is 20.6. The Labute approximate surface area is 169 Å². The summed E-state index contributed by atoms with van der Waals surface area (Å²) in [6.07, 6.45) is -0.251. The van der Waals surface area contributed by atoms with Crippen molar-refractivity contribution in [1.82, 2.24) is 10.9 Å². The fourth-order valence-electron chi connectivity index (χ4n) is 2.82. The lowest BCUT2D eigenvalue weighted by molar-refractivity contribution is -0.134. The van der Waals surface area contributed by atoms with Gasteiger partial charge in [-0.05, 0) is 36.9 Å². The lowest BCUT2D eigenvalue weighted by Gasteiger charge is -2.17. The Kier molecular flexibility index (Phi) is 6.68. The van der Waals surface area contributed by atoms with Crippen LogP contribution in [0.3, 0.4) is 0 Å². The van der Waals surface area contributed by atoms with Crippen LogP contribution >= 0.6 is 0 Å². The number of amides is 2. The third-order valence-electron chi connectivity index (χ3n) is 4.40. The Bertz CT molecular complexity index is 980. The number of aryl methyl sites for hydroxylation is 1. The average Bonchev–Trinajstić information content (AvgIpc) is 2.75. The van der Waals surface area contributed by atoms with E-state index in [0.29, 0.717) is 17.9 Å². The van der Waals surface area contributed by atoms with Gasteiger partial charge in [0.05, 0.1) is 0 Å². The zero-order valence-electron chi connectivity index (χ0n) is 16.5. The molecule has 2 amide bonds. The van der Waals surface area contributed by atoms with Gasteiger partial charge in [-0.15, -0.1) is 0 Å². The number of carbonyl (C=O) groups is 2. The normalized spacial score (nSPS) is 11.5. The van der Waals surface area contributed by atoms with Gasteiger partial charge in [0.1, 0.15) is 11.5 Å². The van der Waals surface area contributed by atoms with E-state index < -0.39 is 17.9 Å². The topological polar surface area (TPSA) is 76.7 Å². The Morgan fingerprint density at radius 1 is 0.931 bits per heavy atom. The number of hydrogen-bond donors (Lipinski definition) is 2. The van der Waals surface area contributed by atoms with Crippen LogP contribution in [0.4, 0.5) is 0 Å². The molecule has 0 aromatic heterocycles. The summed E-state index contributed by atoms with van der Waals surface area (Å²) < 4.78 is 11.3. The van der Waals surface area contributed by atoms with E-state index in [1.165, 1.54) is 0 Å². The molecule has 0 fully saturated rings. The SMILES string of the molecule is CC[C@H](Oc1ccc(C)cc1)C(=O)NNC(=O)COc1cccc2ccccc12. The van der Waals surface area contributed by atoms with Crippen LogP contribution in [0.1, 0.15) is 18.9 Å². The first kappa shape index (κ1) is 20.2. The number of ether oxygens (including phenoxy) is 2. The van der Waals surface area contributed by atoms with Crippen LogP contribution in [0.15, 0.2) is 66.7 Å². The molecule has 3 rings (SSSR count). The number of rotatable bonds is 7. The quantitative estimate of drug-likeness (QED) is 0.603. The summed E-state index contributed by atoms with van der Waals surface area (Å²) in [5.74, 6) is 0.324. The smallest absolute Gasteiger partial charge is 0.279 e. The molecule has 150 valence electrons. The highest BCUT2D eigenvalue weighted by atomic mass is 16.5. The first-order valence-electron chi connectivity index (χ1n) is 9.49. The van der Waals surface area contributed by atoms with Gasteiger partial charge in [0.15, 0.2) is 12.7 Å². The van der Waals surface area contributed by atoms with Crippen molar-refractivity contribution < 1.29 is 19.1 Å². The lowest BCUT2D eigenvalue weighted by atomic mass is 10.1. The van der Waals surface area contributed by atoms with E-state index in [9.17, 15) is 9.59 Å². The molecular formula is C23H24N2O4. The summed E-state index contributed by atoms with van der Waals surface area (Å²) in [4.78, 5) is 24.4. The van der Waals surface area contributed by atoms with Gasteiger partial charge in [-0.3, -0.25) is 20.4 Å². The predicted molar refractivity (Wildman–Crippen MR) is 112 cm³/mol. The third-order valence-corrected chi connectivity index (χ3v) is 4.40. The maximum Gasteiger partial charge on any atom is 0.279 e. The highest BCUT2D eigenvalue weighted by Crippen LogP contribution is 2.24. The van der Waals surface area contributed by atoms with Gasteiger partial charge in [0.25, 0.3) is 11.8 Å². The van der Waals surface area contributed by atoms with E-state index >= 15 is 0 Å². The molecule has 0 heterocycles. The first-order valence-corrected chi connectivity index (χ1v) is 9.49. The number of hydrazine groups is 1. The Balaban J connectivity index is 1.50. The van der Waals surface area contributed by atoms with Gasteiger partial charge in [-0.1, -0.05) is 61.0 Å². The van der Waals surface area contributed by atoms with Gasteiger partial charge in [0.2, 0.25) is 0 Å². The summed E-state index contributed by atoms with van der Waals surface area (Å²) in [5, 5.41) is 1.95. The van der Waals surface area contributed by atoms with Crippen LogP contribution in [0.25, 0.3) is 10.8 Å². The maximum atomic E-state index is 12.3. The molecule has 0 aliphatic rings. The van der Waals surface area contributed by atoms with Crippen molar-refractivity contribution in [2.75, 3.05) is 6.61 Å². The van der Waals surface area contributed by atoms with Crippen LogP contribution in [-0.2, 0) is 9.59 Å². The second-order valence-electron chi connectivity index (χ2n) is 6.63. The molecular weight excluding hydrogens is 368 g/mol. The number of benzene rings is 3. The fraction of sp³-hybridized carbons (Fsp3) is 0.217. The Morgan fingerprint density at radius 3 is 2.41 bits per heavy atom. The third kappa shape index (κ3) is 5.48. The summed E-state index contributed by atoms with van der Waals surface area (Å²) in [6, 6.07) is 20.8. The van der Waals surface area contributed by atoms with Crippen molar-refractivity contribution in [2.24, 2.45) is 0 Å². The van der Waals surface area contributed by atoms with E-state index in [4.69, 9.17) is 9.47 Å². The number of carbonyl (C=O) groups excluding carboxylic acids is 2. The van der Waals surface area contributed by atoms with Crippen LogP contribution in [0.5, 0.6) is 11.5 Å². The second-order valence-corrected chi connectivity index (χ2v) is 6.63. The van der Waals surface area contributed by atoms with Gasteiger partial charge in [0, 0.05) is 5.39 Å². The van der Waals surface area contributed by atoms with Crippen molar-refractivity contribution in [3.63, 3.8) is 0 Å². The van der Waals surface area contributed by atoms with Crippen LogP contribution in [0.2, 0.25) is 0 Å². The molecule has 0 aliphatic heterocycles. The van der Waals surface area contributed by atoms with E-state index in [1.807, 2.05) is 74.5 Å². The van der Waals surface area contributed by atoms with Crippen LogP contribution in [0, 0.1) is 6.92 Å². The fourth-order valence-corrected chi connectivity index (χ4v) is 2.82. The van der Waals surface area contributed by atoms with E-state index in [1.54, 1.807) is 6.07 Å². The highest BCUT2D eigenvalue weighted by Gasteiger charge is 2.19. The van der Waals surface area contributed by atoms with E-state index in [0.717, 1.165) is 16.3 Å². The van der Waals surface area contributed by atoms with E-state index in [2.05, 4.69) is 10.9 Å². The lowest BCUT2D eigenvalue weighted by Crippen LogP contribution is -2.49. The van der Waals surface area contributed by atoms with Crippen molar-refractivity contribution >= 4 is 22.6 Å². The minimum absolute atomic E-state index is 0.218. The molecule has 3 aromatic carbocycles. The molecule has 0 aliphatic carbocycles. The molecule has 0 unspecified atom stereocenters. The molecule has 3 aromatic rings. The molecule has 6 nitrogen and oxygen atoms in total. The molecule has 1 atom stereocenters. The molecule has 0 spiro atoms. The highest BCUT2D eigenvalue weighted by molar-refractivity contribution is 5.89. The van der Waals surface area contributed by atoms with Gasteiger partial charge >= 0.3 is 0 Å². The summed E-state index contributed by atoms with van der Waals surface area (Å²) in [6.45, 7) is 3.59. The molecule has 6 heteroatoms. The van der Waals surface area contributed by atoms with Crippen molar-refractivity contribution in [2.45, 2.75) is 26.4 Å². The molecule has 0 saturated carbocycles. The minimum Gasteiger partial charge on any atom is -0.483 e. The minimum atomic E-state index is -0.711. The van der Waals surface area contributed by atoms with Crippen LogP contribution < -0.4 is 20.3 Å².